The molecule has 4 amide bonds. The second-order valence-corrected chi connectivity index (χ2v) is 17.3. The molecule has 7 rings (SSSR count). The van der Waals surface area contributed by atoms with Crippen LogP contribution in [0.1, 0.15) is 101 Å². The minimum absolute atomic E-state index is 0.00302. The Kier molecular flexibility index (Phi) is 12.1. The Bertz CT molecular complexity index is 2150. The van der Waals surface area contributed by atoms with Crippen LogP contribution in [-0.2, 0) is 39.9 Å². The van der Waals surface area contributed by atoms with Crippen LogP contribution < -0.4 is 15.8 Å². The number of thioether (sulfide) groups is 1. The number of hydrogen-bond donors (Lipinski definition) is 7. The normalized spacial score (nSPS) is 30.1. The molecule has 2 aromatic rings. The van der Waals surface area contributed by atoms with Crippen molar-refractivity contribution >= 4 is 52.7 Å². The van der Waals surface area contributed by atoms with Gasteiger partial charge in [0.15, 0.2) is 17.9 Å². The number of nitrogens with two attached hydrogens (primary N) is 1. The minimum Gasteiger partial charge on any atom is -0.507 e. The van der Waals surface area contributed by atoms with Gasteiger partial charge in [-0.3, -0.25) is 38.5 Å². The first kappa shape index (κ1) is 43.2. The second kappa shape index (κ2) is 16.9. The van der Waals surface area contributed by atoms with Crippen LogP contribution in [-0.4, -0.2) is 133 Å². The quantitative estimate of drug-likeness (QED) is 0.0953. The molecule has 8 N–H and O–H groups in total. The number of phenols is 2. The van der Waals surface area contributed by atoms with Gasteiger partial charge in [0.25, 0.3) is 0 Å². The van der Waals surface area contributed by atoms with E-state index in [0.29, 0.717) is 25.7 Å². The number of likely N-dealkylation sites (tertiary alicyclic amines) is 1. The van der Waals surface area contributed by atoms with E-state index in [9.17, 15) is 59.1 Å². The van der Waals surface area contributed by atoms with Gasteiger partial charge in [-0.15, -0.1) is 11.8 Å². The fraction of sp³-hybridized carbons (Fsp3) is 0.537. The molecule has 3 fully saturated rings. The van der Waals surface area contributed by atoms with Crippen LogP contribution in [0.2, 0.25) is 0 Å². The Labute approximate surface area is 347 Å². The molecular formula is C41H47N3O15S. The third-order valence-electron chi connectivity index (χ3n) is 12.4. The van der Waals surface area contributed by atoms with E-state index in [4.69, 9.17) is 19.9 Å². The van der Waals surface area contributed by atoms with Crippen molar-refractivity contribution in [3.05, 3.63) is 51.6 Å². The van der Waals surface area contributed by atoms with Crippen molar-refractivity contribution < 1.29 is 73.3 Å². The number of benzene rings is 2. The number of rotatable bonds is 12. The summed E-state index contributed by atoms with van der Waals surface area (Å²) < 4.78 is 17.6. The summed E-state index contributed by atoms with van der Waals surface area (Å²) in [7, 11) is 1.30. The maximum Gasteiger partial charge on any atom is 0.242 e. The van der Waals surface area contributed by atoms with E-state index in [-0.39, 0.29) is 76.8 Å². The Hall–Kier alpha value is -4.92. The first-order valence-electron chi connectivity index (χ1n) is 19.7. The van der Waals surface area contributed by atoms with Crippen molar-refractivity contribution in [1.82, 2.24) is 10.2 Å². The van der Waals surface area contributed by atoms with Gasteiger partial charge in [-0.1, -0.05) is 12.1 Å². The van der Waals surface area contributed by atoms with E-state index in [1.165, 1.54) is 37.1 Å². The summed E-state index contributed by atoms with van der Waals surface area (Å²) in [6.45, 7) is 0.657. The van der Waals surface area contributed by atoms with Crippen LogP contribution in [0, 0.1) is 11.8 Å². The van der Waals surface area contributed by atoms with Crippen LogP contribution >= 0.6 is 11.8 Å². The Morgan fingerprint density at radius 1 is 1.03 bits per heavy atom. The number of carbonyl (C=O) groups is 7. The molecule has 0 aromatic heterocycles. The largest absolute Gasteiger partial charge is 0.507 e. The number of Topliss-reactive ketones (excluding diaryl/α,β-unsaturated/α-hetero) is 1. The molecule has 1 saturated carbocycles. The number of fused-ring (bicyclic) bond motifs is 3. The minimum atomic E-state index is -2.36. The van der Waals surface area contributed by atoms with Crippen molar-refractivity contribution in [2.75, 3.05) is 26.0 Å². The zero-order valence-electron chi connectivity index (χ0n) is 32.9. The molecule has 1 unspecified atom stereocenters. The lowest BCUT2D eigenvalue weighted by Gasteiger charge is -2.43. The third kappa shape index (κ3) is 7.77. The molecule has 60 heavy (non-hydrogen) atoms. The summed E-state index contributed by atoms with van der Waals surface area (Å²) in [5.74, 6) is -6.28. The van der Waals surface area contributed by atoms with Crippen LogP contribution in [0.25, 0.3) is 0 Å². The maximum absolute atomic E-state index is 14.0. The molecule has 0 spiro atoms. The Balaban J connectivity index is 1.07. The van der Waals surface area contributed by atoms with Crippen LogP contribution in [0.15, 0.2) is 18.2 Å². The summed E-state index contributed by atoms with van der Waals surface area (Å²) >= 11 is 1.04. The molecule has 5 aliphatic rings. The van der Waals surface area contributed by atoms with Crippen LogP contribution in [0.5, 0.6) is 17.2 Å². The highest BCUT2D eigenvalue weighted by Gasteiger charge is 2.51. The van der Waals surface area contributed by atoms with E-state index in [1.54, 1.807) is 0 Å². The smallest absolute Gasteiger partial charge is 0.242 e. The monoisotopic (exact) mass is 853 g/mol. The van der Waals surface area contributed by atoms with Gasteiger partial charge in [0.2, 0.25) is 29.4 Å². The molecule has 18 nitrogen and oxygen atoms in total. The van der Waals surface area contributed by atoms with E-state index >= 15 is 0 Å². The highest BCUT2D eigenvalue weighted by Crippen LogP contribution is 2.52. The fourth-order valence-electron chi connectivity index (χ4n) is 9.18. The molecule has 2 aromatic carbocycles. The Morgan fingerprint density at radius 3 is 2.40 bits per heavy atom. The average Bonchev–Trinajstić information content (AvgIpc) is 3.48. The third-order valence-corrected chi connectivity index (χ3v) is 13.6. The lowest BCUT2D eigenvalue weighted by Crippen LogP contribution is -2.56. The molecule has 0 radical (unpaired) electrons. The number of aromatic hydroxyl groups is 2. The number of aliphatic hydroxyl groups is 3. The zero-order chi connectivity index (χ0) is 43.4. The van der Waals surface area contributed by atoms with E-state index in [2.05, 4.69) is 5.32 Å². The van der Waals surface area contributed by atoms with Crippen LogP contribution in [0.4, 0.5) is 0 Å². The van der Waals surface area contributed by atoms with Crippen LogP contribution in [0.3, 0.4) is 0 Å². The van der Waals surface area contributed by atoms with Gasteiger partial charge in [-0.2, -0.15) is 0 Å². The lowest BCUT2D eigenvalue weighted by atomic mass is 9.72. The molecule has 3 aliphatic carbocycles. The number of methoxy groups -OCH3 is 1. The highest BCUT2D eigenvalue weighted by molar-refractivity contribution is 8.01. The first-order chi connectivity index (χ1) is 28.5. The molecule has 19 heteroatoms. The van der Waals surface area contributed by atoms with Crippen molar-refractivity contribution in [1.29, 1.82) is 0 Å². The number of nitrogens with one attached hydrogen (secondary N) is 1. The average molecular weight is 854 g/mol. The van der Waals surface area contributed by atoms with Gasteiger partial charge in [0.1, 0.15) is 35.6 Å². The number of ketones is 3. The summed E-state index contributed by atoms with van der Waals surface area (Å²) in [5, 5.41) is 58.2. The fourth-order valence-corrected chi connectivity index (χ4v) is 10.1. The first-order valence-corrected chi connectivity index (χ1v) is 20.8. The number of amides is 4. The van der Waals surface area contributed by atoms with Gasteiger partial charge >= 0.3 is 0 Å². The summed E-state index contributed by atoms with van der Waals surface area (Å²) in [4.78, 5) is 92.2. The van der Waals surface area contributed by atoms with Crippen molar-refractivity contribution in [2.45, 2.75) is 99.8 Å². The topological polar surface area (TPSA) is 290 Å². The summed E-state index contributed by atoms with van der Waals surface area (Å²) in [6, 6.07) is 3.37. The van der Waals surface area contributed by atoms with Crippen molar-refractivity contribution in [3.63, 3.8) is 0 Å². The summed E-state index contributed by atoms with van der Waals surface area (Å²) in [5.41, 5.74) is 1.07. The number of aliphatic hydroxyl groups excluding tert-OH is 2. The molecular weight excluding hydrogens is 807 g/mol. The van der Waals surface area contributed by atoms with Gasteiger partial charge in [0, 0.05) is 54.8 Å². The number of primary amides is 1. The van der Waals surface area contributed by atoms with Gasteiger partial charge in [0.05, 0.1) is 53.1 Å². The van der Waals surface area contributed by atoms with Gasteiger partial charge < -0.3 is 50.8 Å². The standard InChI is InChI=1S/C41H47N3O15S/c1-17-34(49)22(43-39(54)19-8-6-18(7-9-19)14-44-28(48)11-25(40(44)55)60-16-27(42)47)10-29(58-17)59-24-13-41(56,26(46)15-45)12-21-31(24)38(53)33-32(36(21)51)35(50)20-4-3-5-23(57-2)30(20)37(33)52/h3-5,17-19,22,24-25,29,34,45,49,51,53,56H,6-16H2,1-2H3,(H2,42,47)(H,43,54)/t17-,18?,19?,22-,24-,25?,29-,34+,41-/m0/s1. The Morgan fingerprint density at radius 2 is 1.73 bits per heavy atom. The van der Waals surface area contributed by atoms with Crippen molar-refractivity contribution in [3.8, 4) is 17.2 Å². The predicted molar refractivity (Wildman–Crippen MR) is 208 cm³/mol. The SMILES string of the molecule is COc1cccc2c1C(=O)c1c(O)c3c(c(O)c1C2=O)C[C@@](O)(C(=O)CO)C[C@@H]3O[C@H]1C[C@H](NC(=O)C2CCC(CN3C(=O)CC(SCC(N)=O)C3=O)CC2)[C@H](O)[C@H](C)O1. The number of nitrogens with zero attached hydrogens (tertiary/aromatic N) is 1. The van der Waals surface area contributed by atoms with E-state index in [1.807, 2.05) is 0 Å². The number of ether oxygens (including phenoxy) is 3. The van der Waals surface area contributed by atoms with Gasteiger partial charge in [-0.25, -0.2) is 0 Å². The molecule has 322 valence electrons. The van der Waals surface area contributed by atoms with Crippen molar-refractivity contribution in [2.24, 2.45) is 17.6 Å². The van der Waals surface area contributed by atoms with E-state index in [0.717, 1.165) is 11.8 Å². The molecule has 2 saturated heterocycles. The number of imide groups is 1. The predicted octanol–water partition coefficient (Wildman–Crippen LogP) is 0.311. The lowest BCUT2D eigenvalue weighted by molar-refractivity contribution is -0.249. The number of phenolic OH excluding ortho intramolecular Hbond substituents is 2. The molecule has 0 bridgehead atoms. The molecule has 2 heterocycles. The molecule has 7 atom stereocenters. The maximum atomic E-state index is 14.0. The number of hydrogen-bond acceptors (Lipinski definition) is 16. The summed E-state index contributed by atoms with van der Waals surface area (Å²) in [6.07, 6.45) is -4.27. The second-order valence-electron chi connectivity index (χ2n) is 16.1. The highest BCUT2D eigenvalue weighted by atomic mass is 32.2. The zero-order valence-corrected chi connectivity index (χ0v) is 33.7. The number of carbonyl (C=O) groups excluding carboxylic acids is 7. The van der Waals surface area contributed by atoms with Gasteiger partial charge in [-0.05, 0) is 44.6 Å². The van der Waals surface area contributed by atoms with E-state index < -0.39 is 113 Å². The molecule has 2 aliphatic heterocycles.